The van der Waals surface area contributed by atoms with E-state index in [1.54, 1.807) is 0 Å². The lowest BCUT2D eigenvalue weighted by atomic mass is 9.93. The van der Waals surface area contributed by atoms with Crippen LogP contribution in [0.25, 0.3) is 0 Å². The average molecular weight is 478 g/mol. The molecule has 0 bridgehead atoms. The minimum absolute atomic E-state index is 0.0852. The molecule has 0 N–H and O–H groups in total. The second-order valence-electron chi connectivity index (χ2n) is 9.86. The zero-order valence-electron chi connectivity index (χ0n) is 22.0. The van der Waals surface area contributed by atoms with Crippen LogP contribution in [-0.4, -0.2) is 35.2 Å². The standard InChI is InChI=1S/C27H33N3O3.C2H6/c1-5-20-17-21(10-8-9-15-29(20)26(31)33-27(2,3)4)30-22-11-6-7-12-24(22)32-25-16-19(18-28)13-14-23(25)30;1-2/h6-7,11-14,16,20-21H,5,8-10,15,17H2,1-4H3;1-2H3. The zero-order valence-corrected chi connectivity index (χ0v) is 22.0. The Hall–Kier alpha value is -3.20. The van der Waals surface area contributed by atoms with E-state index in [0.29, 0.717) is 11.3 Å². The maximum atomic E-state index is 13.0. The normalized spacial score (nSPS) is 19.5. The highest BCUT2D eigenvalue weighted by molar-refractivity contribution is 5.79. The number of benzene rings is 2. The van der Waals surface area contributed by atoms with E-state index in [4.69, 9.17) is 9.47 Å². The Labute approximate surface area is 210 Å². The highest BCUT2D eigenvalue weighted by Gasteiger charge is 2.36. The van der Waals surface area contributed by atoms with Crippen molar-refractivity contribution < 1.29 is 14.3 Å². The summed E-state index contributed by atoms with van der Waals surface area (Å²) in [5, 5.41) is 9.38. The Morgan fingerprint density at radius 2 is 1.83 bits per heavy atom. The number of nitriles is 1. The number of carbonyl (C=O) groups excluding carboxylic acids is 1. The van der Waals surface area contributed by atoms with Crippen LogP contribution in [-0.2, 0) is 4.74 Å². The van der Waals surface area contributed by atoms with Crippen molar-refractivity contribution in [2.75, 3.05) is 11.4 Å². The number of rotatable bonds is 2. The Morgan fingerprint density at radius 1 is 1.11 bits per heavy atom. The first-order chi connectivity index (χ1) is 16.8. The minimum Gasteiger partial charge on any atom is -0.453 e. The van der Waals surface area contributed by atoms with Crippen LogP contribution in [0.1, 0.15) is 79.2 Å². The molecule has 0 saturated carbocycles. The fourth-order valence-electron chi connectivity index (χ4n) is 4.83. The summed E-state index contributed by atoms with van der Waals surface area (Å²) in [6.45, 7) is 12.6. The SMILES string of the molecule is CC.CCC1CC(N2c3ccccc3Oc3cc(C#N)ccc32)CCCCN1C(=O)OC(C)(C)C. The van der Waals surface area contributed by atoms with E-state index in [1.165, 1.54) is 0 Å². The van der Waals surface area contributed by atoms with Gasteiger partial charge in [-0.05, 0) is 77.1 Å². The molecule has 35 heavy (non-hydrogen) atoms. The number of fused-ring (bicyclic) bond motifs is 2. The van der Waals surface area contributed by atoms with Crippen molar-refractivity contribution >= 4 is 17.5 Å². The van der Waals surface area contributed by atoms with Gasteiger partial charge in [-0.1, -0.05) is 32.9 Å². The molecule has 2 aromatic carbocycles. The van der Waals surface area contributed by atoms with Gasteiger partial charge >= 0.3 is 6.09 Å². The molecule has 1 saturated heterocycles. The Kier molecular flexibility index (Phi) is 8.67. The number of anilines is 2. The smallest absolute Gasteiger partial charge is 0.410 e. The van der Waals surface area contributed by atoms with E-state index >= 15 is 0 Å². The molecule has 0 spiro atoms. The fourth-order valence-corrected chi connectivity index (χ4v) is 4.83. The van der Waals surface area contributed by atoms with Crippen molar-refractivity contribution in [3.63, 3.8) is 0 Å². The molecule has 2 aromatic rings. The van der Waals surface area contributed by atoms with Gasteiger partial charge in [0.2, 0.25) is 0 Å². The molecule has 2 atom stereocenters. The number of likely N-dealkylation sites (tertiary alicyclic amines) is 1. The van der Waals surface area contributed by atoms with Gasteiger partial charge in [0.05, 0.1) is 23.0 Å². The number of nitrogens with zero attached hydrogens (tertiary/aromatic N) is 3. The second-order valence-corrected chi connectivity index (χ2v) is 9.86. The van der Waals surface area contributed by atoms with Gasteiger partial charge in [0.1, 0.15) is 5.60 Å². The number of carbonyl (C=O) groups is 1. The maximum Gasteiger partial charge on any atom is 0.410 e. The first kappa shape index (κ1) is 26.4. The van der Waals surface area contributed by atoms with Gasteiger partial charge < -0.3 is 19.3 Å². The second kappa shape index (κ2) is 11.5. The van der Waals surface area contributed by atoms with Crippen LogP contribution >= 0.6 is 0 Å². The third-order valence-electron chi connectivity index (χ3n) is 6.33. The molecule has 6 heteroatoms. The number of hydrogen-bond donors (Lipinski definition) is 0. The highest BCUT2D eigenvalue weighted by atomic mass is 16.6. The summed E-state index contributed by atoms with van der Waals surface area (Å²) in [4.78, 5) is 17.3. The zero-order chi connectivity index (χ0) is 25.6. The monoisotopic (exact) mass is 477 g/mol. The molecule has 0 aliphatic carbocycles. The molecule has 2 aliphatic heterocycles. The Bertz CT molecular complexity index is 1050. The molecule has 2 unspecified atom stereocenters. The van der Waals surface area contributed by atoms with E-state index in [-0.39, 0.29) is 18.2 Å². The molecular formula is C29H39N3O3. The summed E-state index contributed by atoms with van der Waals surface area (Å²) >= 11 is 0. The van der Waals surface area contributed by atoms with Crippen LogP contribution in [0.15, 0.2) is 42.5 Å². The number of para-hydroxylation sites is 2. The van der Waals surface area contributed by atoms with Crippen molar-refractivity contribution in [1.82, 2.24) is 4.90 Å². The van der Waals surface area contributed by atoms with Gasteiger partial charge in [-0.25, -0.2) is 4.79 Å². The topological polar surface area (TPSA) is 65.8 Å². The third kappa shape index (κ3) is 6.08. The molecule has 0 aromatic heterocycles. The van der Waals surface area contributed by atoms with E-state index in [9.17, 15) is 10.1 Å². The fraction of sp³-hybridized carbons (Fsp3) is 0.517. The summed E-state index contributed by atoms with van der Waals surface area (Å²) < 4.78 is 11.9. The van der Waals surface area contributed by atoms with Crippen LogP contribution < -0.4 is 9.64 Å². The Balaban J connectivity index is 0.00000167. The van der Waals surface area contributed by atoms with Crippen LogP contribution in [0.3, 0.4) is 0 Å². The number of amides is 1. The average Bonchev–Trinajstić information content (AvgIpc) is 2.83. The van der Waals surface area contributed by atoms with Crippen LogP contribution in [0.2, 0.25) is 0 Å². The lowest BCUT2D eigenvalue weighted by Gasteiger charge is -2.43. The molecule has 2 heterocycles. The molecule has 4 rings (SSSR count). The van der Waals surface area contributed by atoms with Gasteiger partial charge in [0.25, 0.3) is 0 Å². The van der Waals surface area contributed by atoms with Crippen molar-refractivity contribution in [2.24, 2.45) is 0 Å². The van der Waals surface area contributed by atoms with E-state index in [0.717, 1.165) is 55.8 Å². The molecule has 1 amide bonds. The van der Waals surface area contributed by atoms with Crippen molar-refractivity contribution in [1.29, 1.82) is 5.26 Å². The number of ether oxygens (including phenoxy) is 2. The summed E-state index contributed by atoms with van der Waals surface area (Å²) in [6.07, 6.45) is 4.46. The first-order valence-corrected chi connectivity index (χ1v) is 12.9. The Morgan fingerprint density at radius 3 is 2.51 bits per heavy atom. The molecule has 2 aliphatic rings. The lowest BCUT2D eigenvalue weighted by Crippen LogP contribution is -2.48. The van der Waals surface area contributed by atoms with Gasteiger partial charge in [-0.15, -0.1) is 0 Å². The predicted octanol–water partition coefficient (Wildman–Crippen LogP) is 7.79. The van der Waals surface area contributed by atoms with Gasteiger partial charge in [0.15, 0.2) is 11.5 Å². The van der Waals surface area contributed by atoms with E-state index in [2.05, 4.69) is 24.0 Å². The molecule has 6 nitrogen and oxygen atoms in total. The highest BCUT2D eigenvalue weighted by Crippen LogP contribution is 2.49. The quantitative estimate of drug-likeness (QED) is 0.442. The van der Waals surface area contributed by atoms with Gasteiger partial charge in [-0.3, -0.25) is 0 Å². The van der Waals surface area contributed by atoms with Crippen LogP contribution in [0.5, 0.6) is 11.5 Å². The molecule has 1 fully saturated rings. The third-order valence-corrected chi connectivity index (χ3v) is 6.33. The van der Waals surface area contributed by atoms with Crippen molar-refractivity contribution in [2.45, 2.75) is 91.3 Å². The van der Waals surface area contributed by atoms with Crippen molar-refractivity contribution in [3.8, 4) is 17.6 Å². The summed E-state index contributed by atoms with van der Waals surface area (Å²) in [7, 11) is 0. The minimum atomic E-state index is -0.516. The summed E-state index contributed by atoms with van der Waals surface area (Å²) in [6, 6.07) is 16.2. The van der Waals surface area contributed by atoms with E-state index < -0.39 is 5.60 Å². The first-order valence-electron chi connectivity index (χ1n) is 12.9. The van der Waals surface area contributed by atoms with Gasteiger partial charge in [0, 0.05) is 24.7 Å². The lowest BCUT2D eigenvalue weighted by molar-refractivity contribution is 0.0122. The molecule has 0 radical (unpaired) electrons. The largest absolute Gasteiger partial charge is 0.453 e. The summed E-state index contributed by atoms with van der Waals surface area (Å²) in [5.74, 6) is 1.49. The summed E-state index contributed by atoms with van der Waals surface area (Å²) in [5.41, 5.74) is 2.06. The molecular weight excluding hydrogens is 438 g/mol. The maximum absolute atomic E-state index is 13.0. The predicted molar refractivity (Wildman–Crippen MR) is 140 cm³/mol. The van der Waals surface area contributed by atoms with Gasteiger partial charge in [-0.2, -0.15) is 5.26 Å². The number of hydrogen-bond acceptors (Lipinski definition) is 5. The molecule has 188 valence electrons. The van der Waals surface area contributed by atoms with Crippen LogP contribution in [0.4, 0.5) is 16.2 Å². The van der Waals surface area contributed by atoms with Crippen LogP contribution in [0, 0.1) is 11.3 Å². The van der Waals surface area contributed by atoms with E-state index in [1.807, 2.05) is 75.9 Å². The van der Waals surface area contributed by atoms with Crippen molar-refractivity contribution in [3.05, 3.63) is 48.0 Å².